The summed E-state index contributed by atoms with van der Waals surface area (Å²) >= 11 is 0. The molecule has 0 aliphatic carbocycles. The van der Waals surface area contributed by atoms with E-state index in [9.17, 15) is 9.59 Å². The van der Waals surface area contributed by atoms with Crippen LogP contribution in [0.25, 0.3) is 0 Å². The molecule has 0 saturated carbocycles. The fourth-order valence-corrected chi connectivity index (χ4v) is 3.62. The maximum Gasteiger partial charge on any atom is 0.320 e. The van der Waals surface area contributed by atoms with Gasteiger partial charge in [0.25, 0.3) is 0 Å². The summed E-state index contributed by atoms with van der Waals surface area (Å²) in [6.07, 6.45) is 0.305. The normalized spacial score (nSPS) is 22.0. The van der Waals surface area contributed by atoms with Crippen molar-refractivity contribution in [2.75, 3.05) is 7.11 Å². The smallest absolute Gasteiger partial charge is 0.320 e. The average molecular weight is 424 g/mol. The molecule has 2 aliphatic heterocycles. The Bertz CT molecular complexity index is 996. The Morgan fingerprint density at radius 2 is 1.87 bits per heavy atom. The maximum atomic E-state index is 13.2. The Balaban J connectivity index is 1.57. The largest absolute Gasteiger partial charge is 0.491 e. The molecule has 0 amide bonds. The fourth-order valence-electron chi connectivity index (χ4n) is 3.62. The van der Waals surface area contributed by atoms with Gasteiger partial charge in [0, 0.05) is 6.42 Å². The van der Waals surface area contributed by atoms with E-state index in [1.165, 1.54) is 13.4 Å². The van der Waals surface area contributed by atoms with E-state index in [1.807, 2.05) is 44.2 Å². The van der Waals surface area contributed by atoms with Gasteiger partial charge in [0.05, 0.1) is 18.8 Å². The number of methoxy groups -OCH3 is 1. The van der Waals surface area contributed by atoms with Crippen molar-refractivity contribution in [1.82, 2.24) is 0 Å². The summed E-state index contributed by atoms with van der Waals surface area (Å²) in [7, 11) is 1.24. The summed E-state index contributed by atoms with van der Waals surface area (Å²) in [5.74, 6) is -1.18. The first-order chi connectivity index (χ1) is 15.0. The van der Waals surface area contributed by atoms with Crippen LogP contribution in [0.3, 0.4) is 0 Å². The van der Waals surface area contributed by atoms with E-state index < -0.39 is 30.1 Å². The van der Waals surface area contributed by atoms with Gasteiger partial charge in [-0.1, -0.05) is 30.3 Å². The van der Waals surface area contributed by atoms with Gasteiger partial charge in [0.15, 0.2) is 23.6 Å². The van der Waals surface area contributed by atoms with Crippen LogP contribution in [0.4, 0.5) is 0 Å². The van der Waals surface area contributed by atoms with Crippen molar-refractivity contribution in [2.45, 2.75) is 38.8 Å². The van der Waals surface area contributed by atoms with Crippen molar-refractivity contribution in [1.29, 1.82) is 0 Å². The minimum Gasteiger partial charge on any atom is -0.491 e. The average Bonchev–Trinajstić information content (AvgIpc) is 3.22. The first-order valence-electron chi connectivity index (χ1n) is 10.1. The van der Waals surface area contributed by atoms with E-state index in [1.54, 1.807) is 18.2 Å². The number of ketones is 1. The summed E-state index contributed by atoms with van der Waals surface area (Å²) in [6, 6.07) is 14.7. The summed E-state index contributed by atoms with van der Waals surface area (Å²) in [5.41, 5.74) is 1.31. The Kier molecular flexibility index (Phi) is 5.84. The molecule has 3 unspecified atom stereocenters. The molecule has 0 fully saturated rings. The minimum absolute atomic E-state index is 0.0578. The molecular formula is C24H24O7. The standard InChI is InChI=1S/C24H24O7/c1-14(2)29-16-9-10-18-17(12-16)22(25)21(24(26)27-3)23(31-18)19-13-28-20(30-19)11-15-7-5-4-6-8-15/h4-10,12-14,20-21,23H,11H2,1-3H3. The van der Waals surface area contributed by atoms with Gasteiger partial charge in [-0.25, -0.2) is 0 Å². The Hall–Kier alpha value is -3.48. The van der Waals surface area contributed by atoms with Crippen molar-refractivity contribution in [3.05, 3.63) is 71.7 Å². The zero-order chi connectivity index (χ0) is 22.0. The first kappa shape index (κ1) is 20.8. The quantitative estimate of drug-likeness (QED) is 0.517. The van der Waals surface area contributed by atoms with Crippen LogP contribution in [0.1, 0.15) is 29.8 Å². The lowest BCUT2D eigenvalue weighted by Gasteiger charge is -2.31. The van der Waals surface area contributed by atoms with Crippen molar-refractivity contribution < 1.29 is 33.3 Å². The number of benzene rings is 2. The molecule has 7 nitrogen and oxygen atoms in total. The summed E-state index contributed by atoms with van der Waals surface area (Å²) in [5, 5.41) is 0. The lowest BCUT2D eigenvalue weighted by Crippen LogP contribution is -2.44. The third-order valence-electron chi connectivity index (χ3n) is 5.01. The second-order valence-corrected chi connectivity index (χ2v) is 7.62. The monoisotopic (exact) mass is 424 g/mol. The number of hydrogen-bond acceptors (Lipinski definition) is 7. The number of hydrogen-bond donors (Lipinski definition) is 0. The van der Waals surface area contributed by atoms with Gasteiger partial charge < -0.3 is 23.7 Å². The SMILES string of the molecule is COC(=O)C1C(=O)c2cc(OC(C)C)ccc2OC1C1=COC(Cc2ccccc2)O1. The molecule has 0 spiro atoms. The second kappa shape index (κ2) is 8.71. The Labute approximate surface area is 180 Å². The number of esters is 1. The summed E-state index contributed by atoms with van der Waals surface area (Å²) < 4.78 is 28.1. The van der Waals surface area contributed by atoms with Crippen LogP contribution < -0.4 is 9.47 Å². The van der Waals surface area contributed by atoms with Crippen molar-refractivity contribution in [3.8, 4) is 11.5 Å². The lowest BCUT2D eigenvalue weighted by atomic mass is 9.88. The van der Waals surface area contributed by atoms with E-state index in [-0.39, 0.29) is 17.4 Å². The second-order valence-electron chi connectivity index (χ2n) is 7.62. The van der Waals surface area contributed by atoms with Crippen molar-refractivity contribution in [3.63, 3.8) is 0 Å². The molecular weight excluding hydrogens is 400 g/mol. The van der Waals surface area contributed by atoms with Crippen LogP contribution in [0.2, 0.25) is 0 Å². The molecule has 162 valence electrons. The van der Waals surface area contributed by atoms with E-state index in [2.05, 4.69) is 0 Å². The molecule has 3 atom stereocenters. The van der Waals surface area contributed by atoms with Gasteiger partial charge in [0.1, 0.15) is 17.8 Å². The molecule has 0 aromatic heterocycles. The number of ether oxygens (including phenoxy) is 5. The topological polar surface area (TPSA) is 80.3 Å². The van der Waals surface area contributed by atoms with Gasteiger partial charge in [0.2, 0.25) is 6.29 Å². The molecule has 0 saturated heterocycles. The molecule has 2 aliphatic rings. The highest BCUT2D eigenvalue weighted by Gasteiger charge is 2.47. The van der Waals surface area contributed by atoms with Crippen LogP contribution in [0, 0.1) is 5.92 Å². The van der Waals surface area contributed by atoms with Crippen LogP contribution in [0.5, 0.6) is 11.5 Å². The van der Waals surface area contributed by atoms with Gasteiger partial charge in [-0.2, -0.15) is 0 Å². The van der Waals surface area contributed by atoms with Gasteiger partial charge in [-0.15, -0.1) is 0 Å². The highest BCUT2D eigenvalue weighted by Crippen LogP contribution is 2.38. The molecule has 0 radical (unpaired) electrons. The zero-order valence-corrected chi connectivity index (χ0v) is 17.6. The fraction of sp³-hybridized carbons (Fsp3) is 0.333. The third-order valence-corrected chi connectivity index (χ3v) is 5.01. The molecule has 0 N–H and O–H groups in total. The molecule has 2 aromatic carbocycles. The van der Waals surface area contributed by atoms with E-state index >= 15 is 0 Å². The van der Waals surface area contributed by atoms with Crippen LogP contribution in [-0.4, -0.2) is 37.4 Å². The maximum absolute atomic E-state index is 13.2. The predicted molar refractivity (Wildman–Crippen MR) is 111 cm³/mol. The number of carbonyl (C=O) groups excluding carboxylic acids is 2. The van der Waals surface area contributed by atoms with E-state index in [4.69, 9.17) is 23.7 Å². The van der Waals surface area contributed by atoms with Gasteiger partial charge in [-0.3, -0.25) is 9.59 Å². The highest BCUT2D eigenvalue weighted by atomic mass is 16.7. The van der Waals surface area contributed by atoms with Crippen LogP contribution in [0.15, 0.2) is 60.6 Å². The van der Waals surface area contributed by atoms with E-state index in [0.717, 1.165) is 5.56 Å². The number of carbonyl (C=O) groups is 2. The third kappa shape index (κ3) is 4.35. The zero-order valence-electron chi connectivity index (χ0n) is 17.6. The van der Waals surface area contributed by atoms with Crippen LogP contribution in [-0.2, 0) is 25.4 Å². The highest BCUT2D eigenvalue weighted by molar-refractivity contribution is 6.12. The Morgan fingerprint density at radius 3 is 2.58 bits per heavy atom. The number of rotatable bonds is 6. The van der Waals surface area contributed by atoms with Crippen LogP contribution >= 0.6 is 0 Å². The number of Topliss-reactive ketones (excluding diaryl/α,β-unsaturated/α-hetero) is 1. The molecule has 31 heavy (non-hydrogen) atoms. The first-order valence-corrected chi connectivity index (χ1v) is 10.1. The molecule has 2 aromatic rings. The molecule has 2 heterocycles. The summed E-state index contributed by atoms with van der Waals surface area (Å²) in [6.45, 7) is 3.78. The molecule has 4 rings (SSSR count). The van der Waals surface area contributed by atoms with Crippen molar-refractivity contribution >= 4 is 11.8 Å². The number of fused-ring (bicyclic) bond motifs is 1. The van der Waals surface area contributed by atoms with Gasteiger partial charge in [-0.05, 0) is 37.6 Å². The summed E-state index contributed by atoms with van der Waals surface area (Å²) in [4.78, 5) is 25.7. The van der Waals surface area contributed by atoms with Gasteiger partial charge >= 0.3 is 5.97 Å². The molecule has 7 heteroatoms. The van der Waals surface area contributed by atoms with Crippen molar-refractivity contribution in [2.24, 2.45) is 5.92 Å². The lowest BCUT2D eigenvalue weighted by molar-refractivity contribution is -0.147. The molecule has 0 bridgehead atoms. The Morgan fingerprint density at radius 1 is 1.10 bits per heavy atom. The minimum atomic E-state index is -1.21. The van der Waals surface area contributed by atoms with E-state index in [0.29, 0.717) is 17.9 Å². The predicted octanol–water partition coefficient (Wildman–Crippen LogP) is 3.66.